The Balaban J connectivity index is 2.80. The molecule has 0 spiro atoms. The van der Waals surface area contributed by atoms with Crippen LogP contribution in [-0.4, -0.2) is 12.4 Å². The van der Waals surface area contributed by atoms with Crippen LogP contribution < -0.4 is 4.74 Å². The second kappa shape index (κ2) is 5.72. The molecule has 0 radical (unpaired) electrons. The van der Waals surface area contributed by atoms with Gasteiger partial charge in [-0.05, 0) is 24.1 Å². The lowest BCUT2D eigenvalue weighted by Crippen LogP contribution is -2.03. The minimum Gasteiger partial charge on any atom is -0.494 e. The van der Waals surface area contributed by atoms with E-state index in [2.05, 4.69) is 22.0 Å². The van der Waals surface area contributed by atoms with Crippen LogP contribution in [0.5, 0.6) is 5.75 Å². The van der Waals surface area contributed by atoms with Gasteiger partial charge >= 0.3 is 0 Å². The van der Waals surface area contributed by atoms with E-state index in [1.807, 2.05) is 0 Å². The highest BCUT2D eigenvalue weighted by Crippen LogP contribution is 2.19. The number of nitriles is 1. The molecule has 0 bridgehead atoms. The van der Waals surface area contributed by atoms with E-state index in [1.54, 1.807) is 12.1 Å². The molecule has 1 rings (SSSR count). The minimum atomic E-state index is -0.388. The van der Waals surface area contributed by atoms with Crippen molar-refractivity contribution in [2.24, 2.45) is 5.92 Å². The smallest absolute Gasteiger partial charge is 0.165 e. The fourth-order valence-corrected chi connectivity index (χ4v) is 1.63. The first-order chi connectivity index (χ1) is 7.21. The normalized spacial score (nSPS) is 11.9. The number of methoxy groups -OCH3 is 1. The Morgan fingerprint density at radius 1 is 1.60 bits per heavy atom. The molecule has 2 nitrogen and oxygen atoms in total. The number of halogens is 2. The maximum atomic E-state index is 13.3. The summed E-state index contributed by atoms with van der Waals surface area (Å²) in [4.78, 5) is 0. The van der Waals surface area contributed by atoms with E-state index in [-0.39, 0.29) is 17.5 Å². The molecule has 0 saturated heterocycles. The van der Waals surface area contributed by atoms with E-state index in [9.17, 15) is 4.39 Å². The fraction of sp³-hybridized carbons (Fsp3) is 0.364. The standard InChI is InChI=1S/C11H11BrFNO/c1-15-11-3-2-8(5-10(11)13)4-9(6-12)7-14/h2-3,5,9H,4,6H2,1H3. The molecule has 1 aromatic carbocycles. The van der Waals surface area contributed by atoms with Crippen molar-refractivity contribution in [1.82, 2.24) is 0 Å². The number of rotatable bonds is 4. The summed E-state index contributed by atoms with van der Waals surface area (Å²) < 4.78 is 18.1. The highest BCUT2D eigenvalue weighted by atomic mass is 79.9. The van der Waals surface area contributed by atoms with Crippen molar-refractivity contribution < 1.29 is 9.13 Å². The third-order valence-corrected chi connectivity index (χ3v) is 2.85. The van der Waals surface area contributed by atoms with Crippen molar-refractivity contribution in [3.05, 3.63) is 29.6 Å². The Hall–Kier alpha value is -1.08. The van der Waals surface area contributed by atoms with Crippen molar-refractivity contribution >= 4 is 15.9 Å². The number of hydrogen-bond acceptors (Lipinski definition) is 2. The van der Waals surface area contributed by atoms with E-state index < -0.39 is 0 Å². The summed E-state index contributed by atoms with van der Waals surface area (Å²) in [6.45, 7) is 0. The third kappa shape index (κ3) is 3.21. The Morgan fingerprint density at radius 3 is 2.80 bits per heavy atom. The number of benzene rings is 1. The molecule has 1 aromatic rings. The third-order valence-electron chi connectivity index (χ3n) is 2.07. The van der Waals surface area contributed by atoms with E-state index >= 15 is 0 Å². The van der Waals surface area contributed by atoms with Gasteiger partial charge in [0.15, 0.2) is 11.6 Å². The average Bonchev–Trinajstić information content (AvgIpc) is 2.26. The van der Waals surface area contributed by atoms with Gasteiger partial charge in [-0.25, -0.2) is 4.39 Å². The number of nitrogens with zero attached hydrogens (tertiary/aromatic N) is 1. The molecule has 0 aliphatic carbocycles. The van der Waals surface area contributed by atoms with Crippen LogP contribution in [0.3, 0.4) is 0 Å². The Morgan fingerprint density at radius 2 is 2.33 bits per heavy atom. The largest absolute Gasteiger partial charge is 0.494 e. The second-order valence-electron chi connectivity index (χ2n) is 3.15. The van der Waals surface area contributed by atoms with Crippen LogP contribution in [0, 0.1) is 23.1 Å². The van der Waals surface area contributed by atoms with Crippen LogP contribution in [-0.2, 0) is 6.42 Å². The summed E-state index contributed by atoms with van der Waals surface area (Å²) in [5.74, 6) is -0.287. The highest BCUT2D eigenvalue weighted by molar-refractivity contribution is 9.09. The zero-order valence-corrected chi connectivity index (χ0v) is 9.92. The Bertz CT molecular complexity index is 375. The summed E-state index contributed by atoms with van der Waals surface area (Å²) in [6, 6.07) is 6.91. The van der Waals surface area contributed by atoms with Gasteiger partial charge in [0.2, 0.25) is 0 Å². The first-order valence-corrected chi connectivity index (χ1v) is 5.61. The molecular weight excluding hydrogens is 261 g/mol. The monoisotopic (exact) mass is 271 g/mol. The molecule has 1 atom stereocenters. The lowest BCUT2D eigenvalue weighted by molar-refractivity contribution is 0.386. The number of hydrogen-bond donors (Lipinski definition) is 0. The average molecular weight is 272 g/mol. The summed E-state index contributed by atoms with van der Waals surface area (Å²) >= 11 is 3.24. The molecular formula is C11H11BrFNO. The first kappa shape index (κ1) is 12.0. The second-order valence-corrected chi connectivity index (χ2v) is 3.80. The SMILES string of the molecule is COc1ccc(CC(C#N)CBr)cc1F. The zero-order valence-electron chi connectivity index (χ0n) is 8.34. The topological polar surface area (TPSA) is 33.0 Å². The zero-order chi connectivity index (χ0) is 11.3. The van der Waals surface area contributed by atoms with Crippen molar-refractivity contribution in [2.45, 2.75) is 6.42 Å². The lowest BCUT2D eigenvalue weighted by Gasteiger charge is -2.07. The molecule has 0 fully saturated rings. The predicted molar refractivity (Wildman–Crippen MR) is 59.6 cm³/mol. The summed E-state index contributed by atoms with van der Waals surface area (Å²) in [5, 5.41) is 9.35. The van der Waals surface area contributed by atoms with E-state index in [1.165, 1.54) is 13.2 Å². The van der Waals surface area contributed by atoms with Gasteiger partial charge in [0.25, 0.3) is 0 Å². The number of ether oxygens (including phenoxy) is 1. The van der Waals surface area contributed by atoms with Crippen LogP contribution in [0.25, 0.3) is 0 Å². The van der Waals surface area contributed by atoms with Gasteiger partial charge < -0.3 is 4.74 Å². The molecule has 0 aromatic heterocycles. The van der Waals surface area contributed by atoms with Crippen LogP contribution in [0.2, 0.25) is 0 Å². The van der Waals surface area contributed by atoms with Gasteiger partial charge in [-0.3, -0.25) is 0 Å². The van der Waals surface area contributed by atoms with Crippen LogP contribution in [0.1, 0.15) is 5.56 Å². The van der Waals surface area contributed by atoms with Crippen molar-refractivity contribution in [1.29, 1.82) is 5.26 Å². The van der Waals surface area contributed by atoms with Crippen molar-refractivity contribution in [3.8, 4) is 11.8 Å². The summed E-state index contributed by atoms with van der Waals surface area (Å²) in [5.41, 5.74) is 0.805. The number of alkyl halides is 1. The van der Waals surface area contributed by atoms with E-state index in [0.29, 0.717) is 11.8 Å². The molecule has 0 amide bonds. The van der Waals surface area contributed by atoms with Crippen LogP contribution >= 0.6 is 15.9 Å². The Kier molecular flexibility index (Phi) is 4.57. The van der Waals surface area contributed by atoms with Gasteiger partial charge in [0.1, 0.15) is 0 Å². The molecule has 80 valence electrons. The van der Waals surface area contributed by atoms with Gasteiger partial charge in [0, 0.05) is 5.33 Å². The molecule has 0 N–H and O–H groups in total. The molecule has 15 heavy (non-hydrogen) atoms. The van der Waals surface area contributed by atoms with E-state index in [4.69, 9.17) is 10.00 Å². The Labute approximate surface area is 96.8 Å². The molecule has 0 saturated carbocycles. The molecule has 0 heterocycles. The maximum Gasteiger partial charge on any atom is 0.165 e. The molecule has 0 aliphatic heterocycles. The molecule has 1 unspecified atom stereocenters. The van der Waals surface area contributed by atoms with Crippen molar-refractivity contribution in [2.75, 3.05) is 12.4 Å². The van der Waals surface area contributed by atoms with E-state index in [0.717, 1.165) is 5.56 Å². The van der Waals surface area contributed by atoms with Gasteiger partial charge in [-0.2, -0.15) is 5.26 Å². The quantitative estimate of drug-likeness (QED) is 0.789. The summed E-state index contributed by atoms with van der Waals surface area (Å²) in [7, 11) is 1.43. The first-order valence-electron chi connectivity index (χ1n) is 4.49. The summed E-state index contributed by atoms with van der Waals surface area (Å²) in [6.07, 6.45) is 0.544. The van der Waals surface area contributed by atoms with Crippen LogP contribution in [0.4, 0.5) is 4.39 Å². The predicted octanol–water partition coefficient (Wildman–Crippen LogP) is 2.91. The minimum absolute atomic E-state index is 0.127. The lowest BCUT2D eigenvalue weighted by atomic mass is 10.0. The van der Waals surface area contributed by atoms with Gasteiger partial charge in [-0.15, -0.1) is 0 Å². The van der Waals surface area contributed by atoms with Gasteiger partial charge in [0.05, 0.1) is 19.1 Å². The maximum absolute atomic E-state index is 13.3. The van der Waals surface area contributed by atoms with Gasteiger partial charge in [-0.1, -0.05) is 22.0 Å². The fourth-order valence-electron chi connectivity index (χ4n) is 1.26. The van der Waals surface area contributed by atoms with Crippen LogP contribution in [0.15, 0.2) is 18.2 Å². The highest BCUT2D eigenvalue weighted by Gasteiger charge is 2.09. The van der Waals surface area contributed by atoms with Crippen molar-refractivity contribution in [3.63, 3.8) is 0 Å². The molecule has 4 heteroatoms. The molecule has 0 aliphatic rings.